The van der Waals surface area contributed by atoms with E-state index in [0.29, 0.717) is 17.2 Å². The lowest BCUT2D eigenvalue weighted by atomic mass is 9.98. The molecule has 2 aromatic carbocycles. The Balaban J connectivity index is 1.62. The molecule has 2 amide bonds. The average molecular weight is 399 g/mol. The summed E-state index contributed by atoms with van der Waals surface area (Å²) in [5.41, 5.74) is 1.05. The van der Waals surface area contributed by atoms with Crippen molar-refractivity contribution in [2.24, 2.45) is 5.92 Å². The smallest absolute Gasteiger partial charge is 0.260 e. The Hall–Kier alpha value is -2.80. The maximum atomic E-state index is 13.7. The summed E-state index contributed by atoms with van der Waals surface area (Å²) in [6.45, 7) is 3.71. The minimum atomic E-state index is -0.634. The van der Waals surface area contributed by atoms with Crippen LogP contribution in [0, 0.1) is 11.7 Å². The fraction of sp³-hybridized carbons (Fsp3) is 0.286. The van der Waals surface area contributed by atoms with E-state index in [1.165, 1.54) is 18.2 Å². The number of rotatable bonds is 3. The normalized spacial score (nSPS) is 14.4. The van der Waals surface area contributed by atoms with Crippen molar-refractivity contribution in [3.8, 4) is 0 Å². The number of nitrogens with one attached hydrogen (secondary N) is 2. The number of carbonyl (C=O) groups is 2. The molecule has 5 nitrogen and oxygen atoms in total. The van der Waals surface area contributed by atoms with Gasteiger partial charge in [0.15, 0.2) is 5.11 Å². The molecule has 0 bridgehead atoms. The summed E-state index contributed by atoms with van der Waals surface area (Å²) >= 11 is 5.14. The summed E-state index contributed by atoms with van der Waals surface area (Å²) in [6, 6.07) is 12.6. The Morgan fingerprint density at radius 1 is 1.11 bits per heavy atom. The highest BCUT2D eigenvalue weighted by molar-refractivity contribution is 7.80. The molecule has 0 aromatic heterocycles. The quantitative estimate of drug-likeness (QED) is 0.771. The summed E-state index contributed by atoms with van der Waals surface area (Å²) < 4.78 is 13.7. The van der Waals surface area contributed by atoms with Crippen molar-refractivity contribution in [3.63, 3.8) is 0 Å². The molecule has 0 saturated carbocycles. The summed E-state index contributed by atoms with van der Waals surface area (Å²) in [5.74, 6) is -0.624. The molecule has 28 heavy (non-hydrogen) atoms. The first-order valence-electron chi connectivity index (χ1n) is 9.20. The highest BCUT2D eigenvalue weighted by atomic mass is 32.1. The van der Waals surface area contributed by atoms with E-state index in [1.807, 2.05) is 4.90 Å². The van der Waals surface area contributed by atoms with Crippen molar-refractivity contribution in [3.05, 3.63) is 65.5 Å². The zero-order valence-corrected chi connectivity index (χ0v) is 16.4. The molecule has 1 saturated heterocycles. The van der Waals surface area contributed by atoms with Gasteiger partial charge in [-0.2, -0.15) is 0 Å². The van der Waals surface area contributed by atoms with Gasteiger partial charge in [0.2, 0.25) is 0 Å². The van der Waals surface area contributed by atoms with Crippen molar-refractivity contribution in [1.29, 1.82) is 0 Å². The number of nitrogens with zero attached hydrogens (tertiary/aromatic N) is 1. The van der Waals surface area contributed by atoms with Gasteiger partial charge >= 0.3 is 0 Å². The van der Waals surface area contributed by atoms with Crippen LogP contribution in [0.15, 0.2) is 48.5 Å². The molecular formula is C21H22FN3O2S. The van der Waals surface area contributed by atoms with Crippen LogP contribution >= 0.6 is 12.2 Å². The largest absolute Gasteiger partial charge is 0.339 e. The number of halogens is 1. The average Bonchev–Trinajstić information content (AvgIpc) is 2.68. The number of hydrogen-bond acceptors (Lipinski definition) is 3. The molecule has 2 N–H and O–H groups in total. The van der Waals surface area contributed by atoms with Crippen LogP contribution in [0.3, 0.4) is 0 Å². The Morgan fingerprint density at radius 3 is 2.54 bits per heavy atom. The molecule has 1 aliphatic heterocycles. The Kier molecular flexibility index (Phi) is 6.36. The van der Waals surface area contributed by atoms with Crippen molar-refractivity contribution < 1.29 is 14.0 Å². The van der Waals surface area contributed by atoms with E-state index in [-0.39, 0.29) is 16.6 Å². The number of piperidine rings is 1. The molecular weight excluding hydrogens is 377 g/mol. The minimum absolute atomic E-state index is 0.0168. The van der Waals surface area contributed by atoms with E-state index < -0.39 is 11.7 Å². The minimum Gasteiger partial charge on any atom is -0.339 e. The molecule has 3 rings (SSSR count). The summed E-state index contributed by atoms with van der Waals surface area (Å²) in [7, 11) is 0. The van der Waals surface area contributed by atoms with Gasteiger partial charge in [-0.1, -0.05) is 25.1 Å². The lowest BCUT2D eigenvalue weighted by Crippen LogP contribution is -2.38. The van der Waals surface area contributed by atoms with Crippen LogP contribution < -0.4 is 10.6 Å². The number of likely N-dealkylation sites (tertiary alicyclic amines) is 1. The SMILES string of the molecule is CC1CCN(C(=O)c2cccc(NC(=S)NC(=O)c3ccccc3F)c2)CC1. The molecule has 0 aliphatic carbocycles. The van der Waals surface area contributed by atoms with E-state index in [4.69, 9.17) is 12.2 Å². The van der Waals surface area contributed by atoms with Crippen molar-refractivity contribution >= 4 is 34.8 Å². The number of carbonyl (C=O) groups excluding carboxylic acids is 2. The van der Waals surface area contributed by atoms with Crippen LogP contribution in [0.2, 0.25) is 0 Å². The van der Waals surface area contributed by atoms with Gasteiger partial charge in [-0.3, -0.25) is 14.9 Å². The van der Waals surface area contributed by atoms with Gasteiger partial charge in [0.1, 0.15) is 5.82 Å². The van der Waals surface area contributed by atoms with Gasteiger partial charge in [-0.15, -0.1) is 0 Å². The lowest BCUT2D eigenvalue weighted by Gasteiger charge is -2.30. The third-order valence-electron chi connectivity index (χ3n) is 4.78. The second-order valence-corrected chi connectivity index (χ2v) is 7.35. The van der Waals surface area contributed by atoms with Gasteiger partial charge in [0.05, 0.1) is 5.56 Å². The van der Waals surface area contributed by atoms with Crippen LogP contribution in [0.5, 0.6) is 0 Å². The third kappa shape index (κ3) is 4.92. The van der Waals surface area contributed by atoms with Gasteiger partial charge in [0, 0.05) is 24.3 Å². The third-order valence-corrected chi connectivity index (χ3v) is 4.99. The van der Waals surface area contributed by atoms with Crippen LogP contribution in [0.25, 0.3) is 0 Å². The Morgan fingerprint density at radius 2 is 1.82 bits per heavy atom. The lowest BCUT2D eigenvalue weighted by molar-refractivity contribution is 0.0697. The molecule has 0 radical (unpaired) electrons. The number of hydrogen-bond donors (Lipinski definition) is 2. The summed E-state index contributed by atoms with van der Waals surface area (Å²) in [6.07, 6.45) is 2.02. The fourth-order valence-electron chi connectivity index (χ4n) is 3.10. The molecule has 7 heteroatoms. The van der Waals surface area contributed by atoms with Crippen molar-refractivity contribution in [2.75, 3.05) is 18.4 Å². The fourth-order valence-corrected chi connectivity index (χ4v) is 3.31. The second-order valence-electron chi connectivity index (χ2n) is 6.94. The number of thiocarbonyl (C=S) groups is 1. The highest BCUT2D eigenvalue weighted by Gasteiger charge is 2.21. The maximum absolute atomic E-state index is 13.7. The Labute approximate surface area is 168 Å². The van der Waals surface area contributed by atoms with Gasteiger partial charge in [0.25, 0.3) is 11.8 Å². The standard InChI is InChI=1S/C21H22FN3O2S/c1-14-9-11-25(12-10-14)20(27)15-5-4-6-16(13-15)23-21(28)24-19(26)17-7-2-3-8-18(17)22/h2-8,13-14H,9-12H2,1H3,(H2,23,24,26,28). The van der Waals surface area contributed by atoms with Crippen LogP contribution in [-0.2, 0) is 0 Å². The predicted octanol–water partition coefficient (Wildman–Crippen LogP) is 3.82. The zero-order valence-electron chi connectivity index (χ0n) is 15.6. The van der Waals surface area contributed by atoms with E-state index in [9.17, 15) is 14.0 Å². The van der Waals surface area contributed by atoms with Crippen LogP contribution in [-0.4, -0.2) is 34.9 Å². The topological polar surface area (TPSA) is 61.4 Å². The first-order valence-corrected chi connectivity index (χ1v) is 9.61. The van der Waals surface area contributed by atoms with E-state index in [2.05, 4.69) is 17.6 Å². The van der Waals surface area contributed by atoms with E-state index in [0.717, 1.165) is 25.9 Å². The summed E-state index contributed by atoms with van der Waals surface area (Å²) in [5, 5.41) is 5.35. The predicted molar refractivity (Wildman–Crippen MR) is 111 cm³/mol. The number of anilines is 1. The molecule has 2 aromatic rings. The monoisotopic (exact) mass is 399 g/mol. The molecule has 0 spiro atoms. The van der Waals surface area contributed by atoms with Crippen molar-refractivity contribution in [1.82, 2.24) is 10.2 Å². The van der Waals surface area contributed by atoms with Crippen LogP contribution in [0.1, 0.15) is 40.5 Å². The van der Waals surface area contributed by atoms with Crippen LogP contribution in [0.4, 0.5) is 10.1 Å². The number of benzene rings is 2. The number of amides is 2. The molecule has 146 valence electrons. The first kappa shape index (κ1) is 19.9. The molecule has 1 heterocycles. The molecule has 0 unspecified atom stereocenters. The maximum Gasteiger partial charge on any atom is 0.260 e. The van der Waals surface area contributed by atoms with Gasteiger partial charge < -0.3 is 10.2 Å². The van der Waals surface area contributed by atoms with Gasteiger partial charge in [-0.25, -0.2) is 4.39 Å². The second kappa shape index (κ2) is 8.93. The summed E-state index contributed by atoms with van der Waals surface area (Å²) in [4.78, 5) is 26.7. The molecule has 1 aliphatic rings. The van der Waals surface area contributed by atoms with Gasteiger partial charge in [-0.05, 0) is 61.3 Å². The molecule has 0 atom stereocenters. The first-order chi connectivity index (χ1) is 13.4. The molecule has 1 fully saturated rings. The zero-order chi connectivity index (χ0) is 20.1. The van der Waals surface area contributed by atoms with Crippen molar-refractivity contribution in [2.45, 2.75) is 19.8 Å². The highest BCUT2D eigenvalue weighted by Crippen LogP contribution is 2.19. The Bertz CT molecular complexity index is 895. The van der Waals surface area contributed by atoms with E-state index in [1.54, 1.807) is 30.3 Å². The van der Waals surface area contributed by atoms with E-state index >= 15 is 0 Å².